The van der Waals surface area contributed by atoms with E-state index in [4.69, 9.17) is 0 Å². The minimum Gasteiger partial charge on any atom is -0.258 e. The normalized spacial score (nSPS) is 10.1. The second-order valence-electron chi connectivity index (χ2n) is 3.48. The first-order chi connectivity index (χ1) is 7.68. The Morgan fingerprint density at radius 1 is 1.25 bits per heavy atom. The summed E-state index contributed by atoms with van der Waals surface area (Å²) < 4.78 is 0. The van der Waals surface area contributed by atoms with Crippen LogP contribution < -0.4 is 0 Å². The van der Waals surface area contributed by atoms with Crippen molar-refractivity contribution in [2.24, 2.45) is 0 Å². The topological polar surface area (TPSA) is 56.0 Å². The Labute approximate surface area is 92.7 Å². The molecule has 0 fully saturated rings. The summed E-state index contributed by atoms with van der Waals surface area (Å²) in [5.41, 5.74) is 2.39. The third kappa shape index (κ3) is 1.91. The molecule has 0 saturated carbocycles. The average Bonchev–Trinajstić information content (AvgIpc) is 2.29. The quantitative estimate of drug-likeness (QED) is 0.570. The molecule has 1 aromatic heterocycles. The number of benzene rings is 1. The summed E-state index contributed by atoms with van der Waals surface area (Å²) >= 11 is 0. The maximum Gasteiger partial charge on any atom is 0.290 e. The number of nitro groups is 1. The highest BCUT2D eigenvalue weighted by molar-refractivity contribution is 5.61. The van der Waals surface area contributed by atoms with Crippen molar-refractivity contribution in [3.63, 3.8) is 0 Å². The van der Waals surface area contributed by atoms with Crippen LogP contribution in [0.1, 0.15) is 5.56 Å². The molecule has 4 nitrogen and oxygen atoms in total. The molecule has 80 valence electrons. The zero-order valence-corrected chi connectivity index (χ0v) is 8.75. The van der Waals surface area contributed by atoms with Gasteiger partial charge in [0.1, 0.15) is 6.20 Å². The zero-order chi connectivity index (χ0) is 11.5. The maximum atomic E-state index is 10.6. The molecule has 0 aliphatic rings. The van der Waals surface area contributed by atoms with Gasteiger partial charge in [-0.2, -0.15) is 0 Å². The lowest BCUT2D eigenvalue weighted by atomic mass is 10.1. The summed E-state index contributed by atoms with van der Waals surface area (Å²) in [6.07, 6.45) is 1.30. The van der Waals surface area contributed by atoms with Gasteiger partial charge in [-0.25, -0.2) is 4.98 Å². The fourth-order valence-corrected chi connectivity index (χ4v) is 1.51. The van der Waals surface area contributed by atoms with E-state index in [0.717, 1.165) is 11.3 Å². The van der Waals surface area contributed by atoms with Crippen LogP contribution in [0.4, 0.5) is 5.69 Å². The number of pyridine rings is 1. The molecule has 0 saturated heterocycles. The van der Waals surface area contributed by atoms with Crippen molar-refractivity contribution in [3.8, 4) is 11.3 Å². The molecule has 0 aliphatic carbocycles. The van der Waals surface area contributed by atoms with E-state index < -0.39 is 4.92 Å². The SMILES string of the molecule is Cc1cc(-c2ccccc2)ncc1[N+](=O)[O-]. The molecular formula is C12H10N2O2. The number of aryl methyl sites for hydroxylation is 1. The van der Waals surface area contributed by atoms with E-state index >= 15 is 0 Å². The third-order valence-corrected chi connectivity index (χ3v) is 2.35. The Kier molecular flexibility index (Phi) is 2.64. The van der Waals surface area contributed by atoms with Crippen LogP contribution in [0.15, 0.2) is 42.6 Å². The van der Waals surface area contributed by atoms with E-state index in [1.54, 1.807) is 13.0 Å². The van der Waals surface area contributed by atoms with Crippen LogP contribution in [-0.2, 0) is 0 Å². The Bertz CT molecular complexity index is 524. The van der Waals surface area contributed by atoms with Gasteiger partial charge < -0.3 is 0 Å². The Balaban J connectivity index is 2.46. The molecule has 0 amide bonds. The number of nitrogens with zero attached hydrogens (tertiary/aromatic N) is 2. The van der Waals surface area contributed by atoms with Crippen molar-refractivity contribution in [1.29, 1.82) is 0 Å². The average molecular weight is 214 g/mol. The summed E-state index contributed by atoms with van der Waals surface area (Å²) in [7, 11) is 0. The predicted octanol–water partition coefficient (Wildman–Crippen LogP) is 2.97. The van der Waals surface area contributed by atoms with Gasteiger partial charge in [-0.15, -0.1) is 0 Å². The minimum atomic E-state index is -0.420. The lowest BCUT2D eigenvalue weighted by Gasteiger charge is -2.02. The second-order valence-corrected chi connectivity index (χ2v) is 3.48. The van der Waals surface area contributed by atoms with Crippen molar-refractivity contribution < 1.29 is 4.92 Å². The molecular weight excluding hydrogens is 204 g/mol. The first-order valence-corrected chi connectivity index (χ1v) is 4.85. The summed E-state index contributed by atoms with van der Waals surface area (Å²) in [5, 5.41) is 10.6. The molecule has 16 heavy (non-hydrogen) atoms. The van der Waals surface area contributed by atoms with Gasteiger partial charge in [-0.3, -0.25) is 10.1 Å². The smallest absolute Gasteiger partial charge is 0.258 e. The van der Waals surface area contributed by atoms with Gasteiger partial charge in [0.15, 0.2) is 0 Å². The highest BCUT2D eigenvalue weighted by Gasteiger charge is 2.11. The van der Waals surface area contributed by atoms with E-state index in [0.29, 0.717) is 5.56 Å². The summed E-state index contributed by atoms with van der Waals surface area (Å²) in [5.74, 6) is 0. The van der Waals surface area contributed by atoms with Crippen LogP contribution in [-0.4, -0.2) is 9.91 Å². The van der Waals surface area contributed by atoms with Crippen molar-refractivity contribution in [3.05, 3.63) is 58.3 Å². The Hall–Kier alpha value is -2.23. The predicted molar refractivity (Wildman–Crippen MR) is 61.1 cm³/mol. The molecule has 2 aromatic rings. The molecule has 0 bridgehead atoms. The Morgan fingerprint density at radius 3 is 2.50 bits per heavy atom. The standard InChI is InChI=1S/C12H10N2O2/c1-9-7-11(10-5-3-2-4-6-10)13-8-12(9)14(15)16/h2-8H,1H3. The monoisotopic (exact) mass is 214 g/mol. The van der Waals surface area contributed by atoms with Crippen molar-refractivity contribution in [2.45, 2.75) is 6.92 Å². The lowest BCUT2D eigenvalue weighted by molar-refractivity contribution is -0.385. The lowest BCUT2D eigenvalue weighted by Crippen LogP contribution is -1.94. The largest absolute Gasteiger partial charge is 0.290 e. The third-order valence-electron chi connectivity index (χ3n) is 2.35. The van der Waals surface area contributed by atoms with E-state index in [1.807, 2.05) is 30.3 Å². The first kappa shape index (κ1) is 10.3. The van der Waals surface area contributed by atoms with Crippen LogP contribution in [0.25, 0.3) is 11.3 Å². The molecule has 0 unspecified atom stereocenters. The van der Waals surface area contributed by atoms with Crippen molar-refractivity contribution in [2.75, 3.05) is 0 Å². The van der Waals surface area contributed by atoms with Gasteiger partial charge in [0, 0.05) is 11.1 Å². The van der Waals surface area contributed by atoms with E-state index in [9.17, 15) is 10.1 Å². The molecule has 2 rings (SSSR count). The summed E-state index contributed by atoms with van der Waals surface area (Å²) in [6.45, 7) is 1.71. The zero-order valence-electron chi connectivity index (χ0n) is 8.75. The number of hydrogen-bond acceptors (Lipinski definition) is 3. The summed E-state index contributed by atoms with van der Waals surface area (Å²) in [6, 6.07) is 11.3. The second kappa shape index (κ2) is 4.10. The fourth-order valence-electron chi connectivity index (χ4n) is 1.51. The highest BCUT2D eigenvalue weighted by Crippen LogP contribution is 2.22. The first-order valence-electron chi connectivity index (χ1n) is 4.85. The van der Waals surface area contributed by atoms with Gasteiger partial charge in [0.05, 0.1) is 10.6 Å². The van der Waals surface area contributed by atoms with Crippen LogP contribution in [0, 0.1) is 17.0 Å². The minimum absolute atomic E-state index is 0.0553. The van der Waals surface area contributed by atoms with Crippen LogP contribution >= 0.6 is 0 Å². The van der Waals surface area contributed by atoms with Gasteiger partial charge in [0.25, 0.3) is 5.69 Å². The molecule has 1 heterocycles. The van der Waals surface area contributed by atoms with E-state index in [1.165, 1.54) is 6.20 Å². The van der Waals surface area contributed by atoms with Gasteiger partial charge in [0.2, 0.25) is 0 Å². The number of hydrogen-bond donors (Lipinski definition) is 0. The molecule has 4 heteroatoms. The van der Waals surface area contributed by atoms with Gasteiger partial charge in [-0.1, -0.05) is 30.3 Å². The van der Waals surface area contributed by atoms with Crippen molar-refractivity contribution in [1.82, 2.24) is 4.98 Å². The summed E-state index contributed by atoms with van der Waals surface area (Å²) in [4.78, 5) is 14.3. The molecule has 0 spiro atoms. The number of aromatic nitrogens is 1. The van der Waals surface area contributed by atoms with E-state index in [-0.39, 0.29) is 5.69 Å². The van der Waals surface area contributed by atoms with Gasteiger partial charge in [-0.05, 0) is 13.0 Å². The maximum absolute atomic E-state index is 10.6. The molecule has 0 N–H and O–H groups in total. The highest BCUT2D eigenvalue weighted by atomic mass is 16.6. The Morgan fingerprint density at radius 2 is 1.94 bits per heavy atom. The molecule has 1 aromatic carbocycles. The molecule has 0 atom stereocenters. The van der Waals surface area contributed by atoms with Crippen molar-refractivity contribution >= 4 is 5.69 Å². The number of rotatable bonds is 2. The van der Waals surface area contributed by atoms with E-state index in [2.05, 4.69) is 4.98 Å². The fraction of sp³-hybridized carbons (Fsp3) is 0.0833. The van der Waals surface area contributed by atoms with Crippen LogP contribution in [0.2, 0.25) is 0 Å². The van der Waals surface area contributed by atoms with Crippen LogP contribution in [0.5, 0.6) is 0 Å². The van der Waals surface area contributed by atoms with Gasteiger partial charge >= 0.3 is 0 Å². The van der Waals surface area contributed by atoms with Crippen LogP contribution in [0.3, 0.4) is 0 Å². The molecule has 0 aliphatic heterocycles. The molecule has 0 radical (unpaired) electrons.